The average Bonchev–Trinajstić information content (AvgIpc) is 3.11. The van der Waals surface area contributed by atoms with Crippen LogP contribution in [0.5, 0.6) is 0 Å². The van der Waals surface area contributed by atoms with Crippen LogP contribution >= 0.6 is 0 Å². The van der Waals surface area contributed by atoms with E-state index in [-0.39, 0.29) is 5.91 Å². The van der Waals surface area contributed by atoms with Crippen LogP contribution in [0.3, 0.4) is 0 Å². The monoisotopic (exact) mass is 375 g/mol. The molecule has 1 N–H and O–H groups in total. The largest absolute Gasteiger partial charge is 0.361 e. The van der Waals surface area contributed by atoms with Crippen molar-refractivity contribution in [2.45, 2.75) is 12.5 Å². The number of para-hydroxylation sites is 1. The molecule has 6 heteroatoms. The molecular formula is C22H25N5O. The molecule has 0 unspecified atom stereocenters. The Hall–Kier alpha value is -2.86. The molecule has 2 fully saturated rings. The number of nitrogens with zero attached hydrogens (tertiary/aromatic N) is 4. The van der Waals surface area contributed by atoms with Gasteiger partial charge in [0.25, 0.3) is 0 Å². The van der Waals surface area contributed by atoms with Crippen LogP contribution in [0.4, 0.5) is 5.82 Å². The minimum Gasteiger partial charge on any atom is -0.361 e. The Morgan fingerprint density at radius 3 is 2.61 bits per heavy atom. The molecule has 6 nitrogen and oxygen atoms in total. The Morgan fingerprint density at radius 1 is 1.04 bits per heavy atom. The summed E-state index contributed by atoms with van der Waals surface area (Å²) >= 11 is 0. The zero-order valence-electron chi connectivity index (χ0n) is 15.9. The van der Waals surface area contributed by atoms with Crippen LogP contribution in [0.25, 0.3) is 10.9 Å². The summed E-state index contributed by atoms with van der Waals surface area (Å²) in [5.74, 6) is 1.29. The van der Waals surface area contributed by atoms with E-state index < -0.39 is 0 Å². The molecule has 0 spiro atoms. The predicted molar refractivity (Wildman–Crippen MR) is 110 cm³/mol. The van der Waals surface area contributed by atoms with E-state index in [1.807, 2.05) is 47.6 Å². The lowest BCUT2D eigenvalue weighted by molar-refractivity contribution is -0.138. The smallest absolute Gasteiger partial charge is 0.227 e. The molecule has 0 radical (unpaired) electrons. The van der Waals surface area contributed by atoms with Gasteiger partial charge in [0.15, 0.2) is 0 Å². The first-order valence-electron chi connectivity index (χ1n) is 10.0. The average molecular weight is 375 g/mol. The molecular weight excluding hydrogens is 350 g/mol. The molecule has 0 saturated carbocycles. The molecule has 2 saturated heterocycles. The van der Waals surface area contributed by atoms with Crippen LogP contribution in [0, 0.1) is 0 Å². The van der Waals surface area contributed by atoms with Crippen LogP contribution in [0.15, 0.2) is 54.9 Å². The number of amides is 1. The maximum Gasteiger partial charge on any atom is 0.227 e. The van der Waals surface area contributed by atoms with Crippen molar-refractivity contribution in [3.63, 3.8) is 0 Å². The molecule has 0 bridgehead atoms. The van der Waals surface area contributed by atoms with Crippen molar-refractivity contribution >= 4 is 22.6 Å². The van der Waals surface area contributed by atoms with Gasteiger partial charge in [-0.1, -0.05) is 24.3 Å². The number of piperazine rings is 1. The van der Waals surface area contributed by atoms with Gasteiger partial charge in [-0.3, -0.25) is 9.69 Å². The summed E-state index contributed by atoms with van der Waals surface area (Å²) in [6, 6.07) is 14.7. The maximum atomic E-state index is 12.7. The molecule has 5 rings (SSSR count). The number of nitrogens with one attached hydrogen (secondary N) is 1. The third kappa shape index (κ3) is 3.24. The summed E-state index contributed by atoms with van der Waals surface area (Å²) in [5, 5.41) is 1.15. The van der Waals surface area contributed by atoms with Crippen molar-refractivity contribution in [1.29, 1.82) is 0 Å². The molecule has 0 aliphatic carbocycles. The van der Waals surface area contributed by atoms with Gasteiger partial charge in [-0.05, 0) is 23.8 Å². The first-order chi connectivity index (χ1) is 13.8. The fraction of sp³-hybridized carbons (Fsp3) is 0.364. The Kier molecular flexibility index (Phi) is 4.49. The van der Waals surface area contributed by atoms with E-state index in [2.05, 4.69) is 31.9 Å². The molecule has 2 aliphatic heterocycles. The molecule has 4 heterocycles. The first-order valence-corrected chi connectivity index (χ1v) is 10.0. The standard InChI is InChI=1S/C22H25N5O/c28-22(13-17-14-24-20-6-2-1-5-19(17)20)27-15-18(16-27)25-9-11-26(12-10-25)21-7-3-4-8-23-21/h1-8,14,18,24H,9-13,15-16H2. The fourth-order valence-corrected chi connectivity index (χ4v) is 4.30. The van der Waals surface area contributed by atoms with E-state index in [1.54, 1.807) is 0 Å². The van der Waals surface area contributed by atoms with Crippen molar-refractivity contribution < 1.29 is 4.79 Å². The van der Waals surface area contributed by atoms with Crippen molar-refractivity contribution in [3.05, 3.63) is 60.4 Å². The number of fused-ring (bicyclic) bond motifs is 1. The number of aromatic nitrogens is 2. The van der Waals surface area contributed by atoms with Crippen molar-refractivity contribution in [2.75, 3.05) is 44.2 Å². The minimum absolute atomic E-state index is 0.230. The highest BCUT2D eigenvalue weighted by Crippen LogP contribution is 2.22. The number of anilines is 1. The first kappa shape index (κ1) is 17.3. The lowest BCUT2D eigenvalue weighted by Crippen LogP contribution is -2.64. The summed E-state index contributed by atoms with van der Waals surface area (Å²) in [6.45, 7) is 5.76. The molecule has 2 aliphatic rings. The Balaban J connectivity index is 1.12. The molecule has 1 aromatic carbocycles. The third-order valence-corrected chi connectivity index (χ3v) is 6.04. The van der Waals surface area contributed by atoms with E-state index in [9.17, 15) is 4.79 Å². The van der Waals surface area contributed by atoms with Gasteiger partial charge in [0, 0.05) is 68.6 Å². The van der Waals surface area contributed by atoms with E-state index in [1.165, 1.54) is 0 Å². The van der Waals surface area contributed by atoms with E-state index in [0.717, 1.165) is 61.6 Å². The number of hydrogen-bond acceptors (Lipinski definition) is 4. The SMILES string of the molecule is O=C(Cc1c[nH]c2ccccc12)N1CC(N2CCN(c3ccccn3)CC2)C1. The highest BCUT2D eigenvalue weighted by molar-refractivity contribution is 5.89. The number of hydrogen-bond donors (Lipinski definition) is 1. The number of rotatable bonds is 4. The summed E-state index contributed by atoms with van der Waals surface area (Å²) in [4.78, 5) is 27.2. The second-order valence-electron chi connectivity index (χ2n) is 7.70. The second kappa shape index (κ2) is 7.28. The maximum absolute atomic E-state index is 12.7. The lowest BCUT2D eigenvalue weighted by atomic mass is 10.0. The van der Waals surface area contributed by atoms with E-state index in [0.29, 0.717) is 12.5 Å². The number of aromatic amines is 1. The molecule has 0 atom stereocenters. The van der Waals surface area contributed by atoms with Crippen LogP contribution in [-0.2, 0) is 11.2 Å². The number of pyridine rings is 1. The van der Waals surface area contributed by atoms with Crippen LogP contribution < -0.4 is 4.90 Å². The number of carbonyl (C=O) groups excluding carboxylic acids is 1. The number of H-pyrrole nitrogens is 1. The van der Waals surface area contributed by atoms with Gasteiger partial charge in [-0.25, -0.2) is 4.98 Å². The normalized spacial score (nSPS) is 18.4. The van der Waals surface area contributed by atoms with Gasteiger partial charge >= 0.3 is 0 Å². The molecule has 144 valence electrons. The number of likely N-dealkylation sites (tertiary alicyclic amines) is 1. The van der Waals surface area contributed by atoms with Gasteiger partial charge in [0.1, 0.15) is 5.82 Å². The van der Waals surface area contributed by atoms with Gasteiger partial charge in [-0.15, -0.1) is 0 Å². The summed E-state index contributed by atoms with van der Waals surface area (Å²) in [7, 11) is 0. The van der Waals surface area contributed by atoms with Crippen molar-refractivity contribution in [2.24, 2.45) is 0 Å². The van der Waals surface area contributed by atoms with Gasteiger partial charge in [-0.2, -0.15) is 0 Å². The second-order valence-corrected chi connectivity index (χ2v) is 7.70. The topological polar surface area (TPSA) is 55.5 Å². The minimum atomic E-state index is 0.230. The molecule has 1 amide bonds. The van der Waals surface area contributed by atoms with Crippen LogP contribution in [-0.4, -0.2) is 71.0 Å². The zero-order valence-corrected chi connectivity index (χ0v) is 15.9. The molecule has 2 aromatic heterocycles. The Labute approximate surface area is 164 Å². The van der Waals surface area contributed by atoms with Gasteiger partial charge in [0.05, 0.1) is 6.42 Å². The molecule has 3 aromatic rings. The van der Waals surface area contributed by atoms with Crippen LogP contribution in [0.1, 0.15) is 5.56 Å². The zero-order chi connectivity index (χ0) is 18.9. The van der Waals surface area contributed by atoms with Gasteiger partial charge in [0.2, 0.25) is 5.91 Å². The highest BCUT2D eigenvalue weighted by atomic mass is 16.2. The quantitative estimate of drug-likeness (QED) is 0.759. The van der Waals surface area contributed by atoms with E-state index in [4.69, 9.17) is 0 Å². The van der Waals surface area contributed by atoms with Gasteiger partial charge < -0.3 is 14.8 Å². The number of carbonyl (C=O) groups is 1. The predicted octanol–water partition coefficient (Wildman–Crippen LogP) is 2.14. The third-order valence-electron chi connectivity index (χ3n) is 6.04. The summed E-state index contributed by atoms with van der Waals surface area (Å²) < 4.78 is 0. The van der Waals surface area contributed by atoms with Crippen molar-refractivity contribution in [3.8, 4) is 0 Å². The summed E-state index contributed by atoms with van der Waals surface area (Å²) in [6.07, 6.45) is 4.30. The highest BCUT2D eigenvalue weighted by Gasteiger charge is 2.36. The van der Waals surface area contributed by atoms with Crippen molar-refractivity contribution in [1.82, 2.24) is 19.8 Å². The Bertz CT molecular complexity index is 955. The Morgan fingerprint density at radius 2 is 1.82 bits per heavy atom. The fourth-order valence-electron chi connectivity index (χ4n) is 4.30. The lowest BCUT2D eigenvalue weighted by Gasteiger charge is -2.48. The summed E-state index contributed by atoms with van der Waals surface area (Å²) in [5.41, 5.74) is 2.19. The van der Waals surface area contributed by atoms with Crippen LogP contribution in [0.2, 0.25) is 0 Å². The number of benzene rings is 1. The molecule has 28 heavy (non-hydrogen) atoms. The van der Waals surface area contributed by atoms with E-state index >= 15 is 0 Å².